The Morgan fingerprint density at radius 1 is 1.19 bits per heavy atom. The summed E-state index contributed by atoms with van der Waals surface area (Å²) in [5.41, 5.74) is 0.699. The predicted molar refractivity (Wildman–Crippen MR) is 115 cm³/mol. The molecule has 8 nitrogen and oxygen atoms in total. The Kier molecular flexibility index (Phi) is 7.06. The Morgan fingerprint density at radius 3 is 2.65 bits per heavy atom. The smallest absolute Gasteiger partial charge is 0.373 e. The number of amides is 2. The molecule has 2 heterocycles. The van der Waals surface area contributed by atoms with Crippen molar-refractivity contribution in [2.75, 3.05) is 14.2 Å². The van der Waals surface area contributed by atoms with Gasteiger partial charge in [0.2, 0.25) is 5.76 Å². The van der Waals surface area contributed by atoms with Gasteiger partial charge in [0.15, 0.2) is 11.5 Å². The fraction of sp³-hybridized carbons (Fsp3) is 0.318. The number of carbonyl (C=O) groups is 3. The molecule has 1 fully saturated rings. The number of carbonyl (C=O) groups excluding carboxylic acids is 3. The van der Waals surface area contributed by atoms with Gasteiger partial charge in [0, 0.05) is 0 Å². The first-order valence-corrected chi connectivity index (χ1v) is 10.4. The maximum atomic E-state index is 12.8. The van der Waals surface area contributed by atoms with Crippen LogP contribution < -0.4 is 9.47 Å². The molecular formula is C22H23NO7S. The fourth-order valence-electron chi connectivity index (χ4n) is 2.79. The summed E-state index contributed by atoms with van der Waals surface area (Å²) in [6.45, 7) is 3.92. The number of methoxy groups -OCH3 is 2. The van der Waals surface area contributed by atoms with Gasteiger partial charge in [0.25, 0.3) is 11.1 Å². The van der Waals surface area contributed by atoms with Crippen LogP contribution in [0.4, 0.5) is 4.79 Å². The van der Waals surface area contributed by atoms with Crippen molar-refractivity contribution in [2.45, 2.75) is 32.9 Å². The van der Waals surface area contributed by atoms with Crippen molar-refractivity contribution in [3.63, 3.8) is 0 Å². The summed E-state index contributed by atoms with van der Waals surface area (Å²) < 4.78 is 21.2. The third-order valence-electron chi connectivity index (χ3n) is 4.62. The summed E-state index contributed by atoms with van der Waals surface area (Å²) in [4.78, 5) is 38.0. The number of imide groups is 1. The third kappa shape index (κ3) is 5.11. The largest absolute Gasteiger partial charge is 0.493 e. The highest BCUT2D eigenvalue weighted by molar-refractivity contribution is 8.18. The van der Waals surface area contributed by atoms with Gasteiger partial charge in [0.05, 0.1) is 31.8 Å². The summed E-state index contributed by atoms with van der Waals surface area (Å²) >= 11 is 0.839. The molecule has 3 rings (SSSR count). The molecule has 0 radical (unpaired) electrons. The zero-order valence-corrected chi connectivity index (χ0v) is 18.5. The third-order valence-corrected chi connectivity index (χ3v) is 5.53. The highest BCUT2D eigenvalue weighted by atomic mass is 32.2. The van der Waals surface area contributed by atoms with Crippen LogP contribution in [-0.2, 0) is 16.1 Å². The van der Waals surface area contributed by atoms with Crippen molar-refractivity contribution in [3.8, 4) is 11.5 Å². The normalized spacial score (nSPS) is 16.0. The van der Waals surface area contributed by atoms with E-state index in [-0.39, 0.29) is 23.3 Å². The van der Waals surface area contributed by atoms with Crippen molar-refractivity contribution < 1.29 is 33.0 Å². The zero-order valence-electron chi connectivity index (χ0n) is 17.7. The Labute approximate surface area is 184 Å². The Hall–Kier alpha value is -3.20. The van der Waals surface area contributed by atoms with E-state index in [2.05, 4.69) is 4.74 Å². The number of rotatable bonds is 8. The van der Waals surface area contributed by atoms with Gasteiger partial charge in [-0.05, 0) is 61.0 Å². The molecular weight excluding hydrogens is 422 g/mol. The summed E-state index contributed by atoms with van der Waals surface area (Å²) in [5, 5.41) is -0.420. The molecule has 0 saturated carbocycles. The van der Waals surface area contributed by atoms with E-state index < -0.39 is 17.1 Å². The van der Waals surface area contributed by atoms with Crippen LogP contribution in [0.15, 0.2) is 39.7 Å². The van der Waals surface area contributed by atoms with Crippen molar-refractivity contribution in [2.24, 2.45) is 0 Å². The molecule has 31 heavy (non-hydrogen) atoms. The summed E-state index contributed by atoms with van der Waals surface area (Å²) in [6.07, 6.45) is 2.52. The number of benzene rings is 1. The molecule has 2 amide bonds. The topological polar surface area (TPSA) is 95.3 Å². The molecule has 2 aromatic rings. The highest BCUT2D eigenvalue weighted by Gasteiger charge is 2.35. The molecule has 1 atom stereocenters. The van der Waals surface area contributed by atoms with Crippen LogP contribution >= 0.6 is 11.8 Å². The Balaban J connectivity index is 1.76. The van der Waals surface area contributed by atoms with Crippen LogP contribution in [-0.4, -0.2) is 42.3 Å². The average Bonchev–Trinajstić information content (AvgIpc) is 3.34. The second-order valence-corrected chi connectivity index (χ2v) is 7.77. The fourth-order valence-corrected chi connectivity index (χ4v) is 3.63. The lowest BCUT2D eigenvalue weighted by molar-refractivity contribution is -0.123. The molecule has 1 aliphatic heterocycles. The minimum atomic E-state index is -0.630. The first-order valence-electron chi connectivity index (χ1n) is 9.63. The molecule has 164 valence electrons. The molecule has 1 aliphatic rings. The van der Waals surface area contributed by atoms with E-state index in [0.29, 0.717) is 22.8 Å². The van der Waals surface area contributed by atoms with Crippen LogP contribution in [0, 0.1) is 0 Å². The van der Waals surface area contributed by atoms with Gasteiger partial charge in [-0.25, -0.2) is 4.79 Å². The van der Waals surface area contributed by atoms with E-state index in [1.54, 1.807) is 31.4 Å². The quantitative estimate of drug-likeness (QED) is 0.433. The standard InChI is InChI=1S/C22H23NO7S/c1-5-13(2)29-16-8-6-14(10-18(16)27-3)11-19-20(24)23(22(26)31-19)12-15-7-9-17(30-15)21(25)28-4/h6-11,13H,5,12H2,1-4H3/b19-11+/t13-/m0/s1. The van der Waals surface area contributed by atoms with Gasteiger partial charge in [0.1, 0.15) is 5.76 Å². The monoisotopic (exact) mass is 445 g/mol. The maximum Gasteiger partial charge on any atom is 0.373 e. The SMILES string of the molecule is CC[C@H](C)Oc1ccc(/C=C2/SC(=O)N(Cc3ccc(C(=O)OC)o3)C2=O)cc1OC. The van der Waals surface area contributed by atoms with Gasteiger partial charge in [-0.1, -0.05) is 13.0 Å². The molecule has 1 saturated heterocycles. The van der Waals surface area contributed by atoms with Crippen LogP contribution in [0.2, 0.25) is 0 Å². The van der Waals surface area contributed by atoms with E-state index in [4.69, 9.17) is 13.9 Å². The van der Waals surface area contributed by atoms with Crippen LogP contribution in [0.3, 0.4) is 0 Å². The van der Waals surface area contributed by atoms with Gasteiger partial charge in [-0.15, -0.1) is 0 Å². The van der Waals surface area contributed by atoms with E-state index in [9.17, 15) is 14.4 Å². The number of furan rings is 1. The first kappa shape index (κ1) is 22.5. The first-order chi connectivity index (χ1) is 14.9. The molecule has 1 aromatic carbocycles. The number of hydrogen-bond acceptors (Lipinski definition) is 8. The lowest BCUT2D eigenvalue weighted by Crippen LogP contribution is -2.27. The number of thioether (sulfide) groups is 1. The summed E-state index contributed by atoms with van der Waals surface area (Å²) in [7, 11) is 2.78. The van der Waals surface area contributed by atoms with E-state index in [1.165, 1.54) is 19.2 Å². The highest BCUT2D eigenvalue weighted by Crippen LogP contribution is 2.35. The minimum Gasteiger partial charge on any atom is -0.493 e. The Bertz CT molecular complexity index is 1030. The molecule has 0 unspecified atom stereocenters. The van der Waals surface area contributed by atoms with Crippen molar-refractivity contribution in [1.29, 1.82) is 0 Å². The van der Waals surface area contributed by atoms with Gasteiger partial charge in [-0.3, -0.25) is 14.5 Å². The average molecular weight is 445 g/mol. The zero-order chi connectivity index (χ0) is 22.5. The molecule has 0 bridgehead atoms. The van der Waals surface area contributed by atoms with Gasteiger partial charge < -0.3 is 18.6 Å². The molecule has 9 heteroatoms. The molecule has 0 aliphatic carbocycles. The molecule has 0 N–H and O–H groups in total. The van der Waals surface area contributed by atoms with Gasteiger partial charge in [-0.2, -0.15) is 0 Å². The summed E-state index contributed by atoms with van der Waals surface area (Å²) in [6, 6.07) is 8.29. The van der Waals surface area contributed by atoms with Crippen molar-refractivity contribution >= 4 is 35.0 Å². The van der Waals surface area contributed by atoms with E-state index in [1.807, 2.05) is 13.8 Å². The second kappa shape index (κ2) is 9.74. The lowest BCUT2D eigenvalue weighted by atomic mass is 10.1. The van der Waals surface area contributed by atoms with Crippen LogP contribution in [0.1, 0.15) is 42.1 Å². The van der Waals surface area contributed by atoms with Crippen molar-refractivity contribution in [1.82, 2.24) is 4.90 Å². The minimum absolute atomic E-state index is 0.00630. The summed E-state index contributed by atoms with van der Waals surface area (Å²) in [5.74, 6) is 0.393. The van der Waals surface area contributed by atoms with E-state index >= 15 is 0 Å². The van der Waals surface area contributed by atoms with Crippen LogP contribution in [0.5, 0.6) is 11.5 Å². The molecule has 0 spiro atoms. The molecule has 1 aromatic heterocycles. The maximum absolute atomic E-state index is 12.8. The predicted octanol–water partition coefficient (Wildman–Crippen LogP) is 4.49. The van der Waals surface area contributed by atoms with Crippen molar-refractivity contribution in [3.05, 3.63) is 52.3 Å². The second-order valence-electron chi connectivity index (χ2n) is 6.77. The number of esters is 1. The number of ether oxygens (including phenoxy) is 3. The van der Waals surface area contributed by atoms with Gasteiger partial charge >= 0.3 is 5.97 Å². The van der Waals surface area contributed by atoms with Crippen LogP contribution in [0.25, 0.3) is 6.08 Å². The van der Waals surface area contributed by atoms with E-state index in [0.717, 1.165) is 23.1 Å². The number of nitrogens with zero attached hydrogens (tertiary/aromatic N) is 1. The lowest BCUT2D eigenvalue weighted by Gasteiger charge is -2.15. The Morgan fingerprint density at radius 2 is 1.97 bits per heavy atom. The number of hydrogen-bond donors (Lipinski definition) is 0.